The highest BCUT2D eigenvalue weighted by Gasteiger charge is 2.22. The Labute approximate surface area is 149 Å². The average molecular weight is 344 g/mol. The molecule has 1 aromatic rings. The Hall–Kier alpha value is -1.97. The van der Waals surface area contributed by atoms with Crippen molar-refractivity contribution in [1.29, 1.82) is 0 Å². The molecular weight excluding hydrogens is 318 g/mol. The van der Waals surface area contributed by atoms with E-state index in [-0.39, 0.29) is 5.70 Å². The molecule has 3 rings (SSSR count). The van der Waals surface area contributed by atoms with Crippen LogP contribution in [0.2, 0.25) is 0 Å². The number of aliphatic imine (C=N–C) groups is 1. The normalized spacial score (nSPS) is 18.2. The highest BCUT2D eigenvalue weighted by molar-refractivity contribution is 6.04. The Kier molecular flexibility index (Phi) is 5.67. The minimum Gasteiger partial charge on any atom is -0.346 e. The zero-order valence-electron chi connectivity index (χ0n) is 14.8. The molecule has 1 aliphatic heterocycles. The van der Waals surface area contributed by atoms with Crippen LogP contribution in [-0.2, 0) is 0 Å². The summed E-state index contributed by atoms with van der Waals surface area (Å²) in [5, 5.41) is 0. The number of benzene rings is 1. The lowest BCUT2D eigenvalue weighted by Gasteiger charge is -2.33. The maximum atomic E-state index is 12.8. The predicted molar refractivity (Wildman–Crippen MR) is 100 cm³/mol. The molecule has 134 valence electrons. The third kappa shape index (κ3) is 4.00. The monoisotopic (exact) mass is 344 g/mol. The fraction of sp³-hybridized carbons (Fsp3) is 0.476. The molecule has 1 aromatic carbocycles. The first kappa shape index (κ1) is 17.8. The molecule has 2 nitrogen and oxygen atoms in total. The van der Waals surface area contributed by atoms with Gasteiger partial charge in [-0.1, -0.05) is 44.1 Å². The number of rotatable bonds is 6. The zero-order valence-corrected chi connectivity index (χ0v) is 14.8. The summed E-state index contributed by atoms with van der Waals surface area (Å²) >= 11 is 0. The fourth-order valence-corrected chi connectivity index (χ4v) is 3.83. The summed E-state index contributed by atoms with van der Waals surface area (Å²) in [4.78, 5) is 6.37. The van der Waals surface area contributed by atoms with Crippen molar-refractivity contribution in [3.05, 3.63) is 53.9 Å². The standard InChI is InChI=1S/C21H26F2N2/c1-3-25(15(2)16-8-5-4-6-9-16)18-11-7-10-17(14-18)19-12-13-20(24-19)21(22)23/h7,10-11,13-14,16,21H,2-6,8-9,12H2,1H3. The second-order valence-electron chi connectivity index (χ2n) is 6.81. The predicted octanol–water partition coefficient (Wildman–Crippen LogP) is 5.95. The number of hydrogen-bond acceptors (Lipinski definition) is 2. The van der Waals surface area contributed by atoms with Gasteiger partial charge in [-0.05, 0) is 43.4 Å². The number of anilines is 1. The van der Waals surface area contributed by atoms with Crippen LogP contribution in [0, 0.1) is 5.92 Å². The summed E-state index contributed by atoms with van der Waals surface area (Å²) < 4.78 is 25.6. The lowest BCUT2D eigenvalue weighted by Crippen LogP contribution is -2.27. The smallest absolute Gasteiger partial charge is 0.280 e. The molecule has 0 unspecified atom stereocenters. The molecule has 1 heterocycles. The third-order valence-electron chi connectivity index (χ3n) is 5.22. The summed E-state index contributed by atoms with van der Waals surface area (Å²) in [5.74, 6) is 0.549. The van der Waals surface area contributed by atoms with Gasteiger partial charge in [0.25, 0.3) is 6.43 Å². The van der Waals surface area contributed by atoms with Gasteiger partial charge in [-0.2, -0.15) is 0 Å². The molecule has 2 aliphatic rings. The Morgan fingerprint density at radius 1 is 1.28 bits per heavy atom. The molecule has 1 aliphatic carbocycles. The average Bonchev–Trinajstić information content (AvgIpc) is 3.14. The second kappa shape index (κ2) is 7.94. The summed E-state index contributed by atoms with van der Waals surface area (Å²) in [6, 6.07) is 8.04. The van der Waals surface area contributed by atoms with E-state index in [1.807, 2.05) is 12.1 Å². The molecule has 0 amide bonds. The van der Waals surface area contributed by atoms with E-state index in [0.29, 0.717) is 12.3 Å². The zero-order chi connectivity index (χ0) is 17.8. The van der Waals surface area contributed by atoms with Gasteiger partial charge in [0.1, 0.15) is 5.70 Å². The van der Waals surface area contributed by atoms with E-state index in [9.17, 15) is 8.78 Å². The van der Waals surface area contributed by atoms with Gasteiger partial charge in [-0.3, -0.25) is 4.99 Å². The van der Waals surface area contributed by atoms with Crippen LogP contribution in [0.25, 0.3) is 0 Å². The van der Waals surface area contributed by atoms with E-state index in [2.05, 4.69) is 35.5 Å². The van der Waals surface area contributed by atoms with Crippen LogP contribution in [0.15, 0.2) is 53.3 Å². The Bertz CT molecular complexity index is 685. The van der Waals surface area contributed by atoms with Gasteiger partial charge in [0, 0.05) is 24.4 Å². The second-order valence-corrected chi connectivity index (χ2v) is 6.81. The number of halogens is 2. The van der Waals surface area contributed by atoms with E-state index in [0.717, 1.165) is 23.5 Å². The molecule has 0 N–H and O–H groups in total. The van der Waals surface area contributed by atoms with Crippen LogP contribution >= 0.6 is 0 Å². The molecule has 0 aromatic heterocycles. The van der Waals surface area contributed by atoms with Gasteiger partial charge in [-0.25, -0.2) is 8.78 Å². The molecule has 1 fully saturated rings. The molecule has 0 spiro atoms. The first-order chi connectivity index (χ1) is 12.1. The Morgan fingerprint density at radius 2 is 2.04 bits per heavy atom. The molecule has 0 atom stereocenters. The van der Waals surface area contributed by atoms with Crippen molar-refractivity contribution in [2.75, 3.05) is 11.4 Å². The number of nitrogens with zero attached hydrogens (tertiary/aromatic N) is 2. The van der Waals surface area contributed by atoms with Gasteiger partial charge in [0.05, 0.1) is 5.71 Å². The van der Waals surface area contributed by atoms with Crippen LogP contribution in [-0.4, -0.2) is 18.7 Å². The third-order valence-corrected chi connectivity index (χ3v) is 5.22. The number of alkyl halides is 2. The highest BCUT2D eigenvalue weighted by atomic mass is 19.3. The maximum Gasteiger partial charge on any atom is 0.280 e. The topological polar surface area (TPSA) is 15.6 Å². The summed E-state index contributed by atoms with van der Waals surface area (Å²) in [7, 11) is 0. The van der Waals surface area contributed by atoms with Crippen molar-refractivity contribution in [2.45, 2.75) is 51.9 Å². The fourth-order valence-electron chi connectivity index (χ4n) is 3.83. The summed E-state index contributed by atoms with van der Waals surface area (Å²) in [6.45, 7) is 7.36. The Balaban J connectivity index is 1.80. The van der Waals surface area contributed by atoms with Crippen molar-refractivity contribution in [3.8, 4) is 0 Å². The van der Waals surface area contributed by atoms with Gasteiger partial charge in [0.2, 0.25) is 0 Å². The molecule has 25 heavy (non-hydrogen) atoms. The van der Waals surface area contributed by atoms with Gasteiger partial charge in [0.15, 0.2) is 0 Å². The minimum atomic E-state index is -2.50. The van der Waals surface area contributed by atoms with Crippen molar-refractivity contribution < 1.29 is 8.78 Å². The van der Waals surface area contributed by atoms with Gasteiger partial charge >= 0.3 is 0 Å². The summed E-state index contributed by atoms with van der Waals surface area (Å²) in [6.07, 6.45) is 5.79. The first-order valence-corrected chi connectivity index (χ1v) is 9.22. The van der Waals surface area contributed by atoms with Crippen LogP contribution in [0.3, 0.4) is 0 Å². The van der Waals surface area contributed by atoms with Crippen LogP contribution in [0.1, 0.15) is 51.0 Å². The van der Waals surface area contributed by atoms with E-state index < -0.39 is 6.43 Å². The van der Waals surface area contributed by atoms with E-state index in [4.69, 9.17) is 0 Å². The van der Waals surface area contributed by atoms with Crippen LogP contribution in [0.5, 0.6) is 0 Å². The van der Waals surface area contributed by atoms with Crippen molar-refractivity contribution in [3.63, 3.8) is 0 Å². The molecule has 0 saturated heterocycles. The van der Waals surface area contributed by atoms with Gasteiger partial charge in [-0.15, -0.1) is 0 Å². The lowest BCUT2D eigenvalue weighted by atomic mass is 9.86. The van der Waals surface area contributed by atoms with Crippen molar-refractivity contribution in [2.24, 2.45) is 10.9 Å². The minimum absolute atomic E-state index is 0.112. The van der Waals surface area contributed by atoms with E-state index in [1.54, 1.807) is 0 Å². The van der Waals surface area contributed by atoms with Gasteiger partial charge < -0.3 is 4.90 Å². The quantitative estimate of drug-likeness (QED) is 0.623. The first-order valence-electron chi connectivity index (χ1n) is 9.22. The highest BCUT2D eigenvalue weighted by Crippen LogP contribution is 2.33. The largest absolute Gasteiger partial charge is 0.346 e. The Morgan fingerprint density at radius 3 is 2.68 bits per heavy atom. The number of allylic oxidation sites excluding steroid dienone is 3. The molecule has 0 radical (unpaired) electrons. The SMILES string of the molecule is C=C(C1CCCCC1)N(CC)c1cccc(C2=NC(C(F)F)=CC2)c1. The molecule has 4 heteroatoms. The molecule has 1 saturated carbocycles. The van der Waals surface area contributed by atoms with Crippen molar-refractivity contribution in [1.82, 2.24) is 0 Å². The number of hydrogen-bond donors (Lipinski definition) is 0. The molecule has 0 bridgehead atoms. The van der Waals surface area contributed by atoms with E-state index >= 15 is 0 Å². The lowest BCUT2D eigenvalue weighted by molar-refractivity contribution is 0.188. The summed E-state index contributed by atoms with van der Waals surface area (Å²) in [5.41, 5.74) is 3.78. The van der Waals surface area contributed by atoms with Crippen molar-refractivity contribution >= 4 is 11.4 Å². The van der Waals surface area contributed by atoms with Crippen LogP contribution in [0.4, 0.5) is 14.5 Å². The molecular formula is C21H26F2N2. The van der Waals surface area contributed by atoms with Crippen LogP contribution < -0.4 is 4.90 Å². The maximum absolute atomic E-state index is 12.8. The van der Waals surface area contributed by atoms with E-state index in [1.165, 1.54) is 43.9 Å².